The maximum Gasteiger partial charge on any atom is 0.469 e. The minimum atomic E-state index is -0.371. The molecule has 134 valence electrons. The van der Waals surface area contributed by atoms with Gasteiger partial charge in [-0.2, -0.15) is 0 Å². The van der Waals surface area contributed by atoms with Crippen molar-refractivity contribution in [3.05, 3.63) is 47.5 Å². The lowest BCUT2D eigenvalue weighted by Crippen LogP contribution is -2.44. The van der Waals surface area contributed by atoms with Crippen molar-refractivity contribution < 1.29 is 14.1 Å². The molecule has 1 aromatic carbocycles. The van der Waals surface area contributed by atoms with E-state index in [4.69, 9.17) is 9.31 Å². The maximum absolute atomic E-state index is 11.9. The molecule has 1 heterocycles. The fourth-order valence-corrected chi connectivity index (χ4v) is 3.72. The fourth-order valence-electron chi connectivity index (χ4n) is 3.72. The van der Waals surface area contributed by atoms with Crippen LogP contribution >= 0.6 is 0 Å². The Hall–Kier alpha value is -1.39. The summed E-state index contributed by atoms with van der Waals surface area (Å²) in [5.74, 6) is 0.241. The van der Waals surface area contributed by atoms with Gasteiger partial charge in [0.1, 0.15) is 0 Å². The van der Waals surface area contributed by atoms with Gasteiger partial charge < -0.3 is 9.31 Å². The molecule has 1 saturated heterocycles. The van der Waals surface area contributed by atoms with Crippen molar-refractivity contribution >= 4 is 12.9 Å². The van der Waals surface area contributed by atoms with E-state index in [2.05, 4.69) is 58.9 Å². The van der Waals surface area contributed by atoms with Gasteiger partial charge in [-0.1, -0.05) is 42.8 Å². The highest BCUT2D eigenvalue weighted by atomic mass is 16.7. The summed E-state index contributed by atoms with van der Waals surface area (Å²) in [6.07, 6.45) is 5.21. The van der Waals surface area contributed by atoms with Gasteiger partial charge in [-0.3, -0.25) is 4.79 Å². The van der Waals surface area contributed by atoms with E-state index in [1.165, 1.54) is 11.1 Å². The first-order chi connectivity index (χ1) is 11.6. The summed E-state index contributed by atoms with van der Waals surface area (Å²) < 4.78 is 12.8. The van der Waals surface area contributed by atoms with Gasteiger partial charge in [-0.25, -0.2) is 0 Å². The summed E-state index contributed by atoms with van der Waals surface area (Å²) in [5, 5.41) is -0.338. The van der Waals surface area contributed by atoms with Crippen molar-refractivity contribution in [2.75, 3.05) is 0 Å². The van der Waals surface area contributed by atoms with Crippen LogP contribution in [0.1, 0.15) is 65.9 Å². The second-order valence-corrected chi connectivity index (χ2v) is 8.67. The lowest BCUT2D eigenvalue weighted by molar-refractivity contribution is -0.115. The van der Waals surface area contributed by atoms with E-state index in [1.807, 2.05) is 12.1 Å². The Labute approximate surface area is 151 Å². The summed E-state index contributed by atoms with van der Waals surface area (Å²) >= 11 is 0. The van der Waals surface area contributed by atoms with Gasteiger partial charge >= 0.3 is 7.12 Å². The number of hydrogen-bond donors (Lipinski definition) is 0. The van der Waals surface area contributed by atoms with Crippen LogP contribution in [0.5, 0.6) is 0 Å². The molecular formula is C21H29BO3. The number of rotatable bonds is 4. The maximum atomic E-state index is 11.9. The van der Waals surface area contributed by atoms with Crippen LogP contribution in [0.15, 0.2) is 42.0 Å². The molecule has 0 amide bonds. The van der Waals surface area contributed by atoms with Crippen LogP contribution in [0.3, 0.4) is 0 Å². The molecule has 1 fully saturated rings. The zero-order chi connectivity index (χ0) is 18.3. The molecule has 2 aliphatic rings. The van der Waals surface area contributed by atoms with Crippen molar-refractivity contribution in [1.82, 2.24) is 0 Å². The summed E-state index contributed by atoms with van der Waals surface area (Å²) in [6.45, 7) is 10.5. The van der Waals surface area contributed by atoms with E-state index in [9.17, 15) is 4.79 Å². The van der Waals surface area contributed by atoms with Gasteiger partial charge in [0.15, 0.2) is 5.78 Å². The molecule has 0 N–H and O–H groups in total. The Morgan fingerprint density at radius 3 is 2.20 bits per heavy atom. The number of carbonyl (C=O) groups excluding carboxylic acids is 1. The van der Waals surface area contributed by atoms with E-state index in [-0.39, 0.29) is 29.4 Å². The molecule has 25 heavy (non-hydrogen) atoms. The van der Waals surface area contributed by atoms with Gasteiger partial charge in [0.25, 0.3) is 0 Å². The Bertz CT molecular complexity index is 662. The van der Waals surface area contributed by atoms with Gasteiger partial charge in [-0.15, -0.1) is 0 Å². The van der Waals surface area contributed by atoms with E-state index >= 15 is 0 Å². The Kier molecular flexibility index (Phi) is 4.72. The van der Waals surface area contributed by atoms with Crippen molar-refractivity contribution in [2.45, 2.75) is 76.8 Å². The molecule has 1 atom stereocenters. The third kappa shape index (κ3) is 3.47. The van der Waals surface area contributed by atoms with Crippen molar-refractivity contribution in [3.63, 3.8) is 0 Å². The standard InChI is InChI=1S/C21H29BO3/c1-19(2)20(3,4)25-22(24-19)21(5,17-11-7-6-8-12-17)15-16-10-9-13-18(23)14-16/h6-8,11-12,14H,9-10,13,15H2,1-5H3/t21-/m0/s1. The first kappa shape index (κ1) is 18.4. The number of allylic oxidation sites excluding steroid dienone is 2. The highest BCUT2D eigenvalue weighted by Gasteiger charge is 2.58. The van der Waals surface area contributed by atoms with E-state index in [1.54, 1.807) is 0 Å². The van der Waals surface area contributed by atoms with Gasteiger partial charge in [0.05, 0.1) is 11.2 Å². The first-order valence-electron chi connectivity index (χ1n) is 9.27. The molecule has 0 aromatic heterocycles. The Balaban J connectivity index is 1.98. The number of ketones is 1. The van der Waals surface area contributed by atoms with Gasteiger partial charge in [-0.05, 0) is 58.6 Å². The highest BCUT2D eigenvalue weighted by molar-refractivity contribution is 6.49. The largest absolute Gasteiger partial charge is 0.469 e. The first-order valence-corrected chi connectivity index (χ1v) is 9.27. The normalized spacial score (nSPS) is 24.8. The van der Waals surface area contributed by atoms with Gasteiger partial charge in [0, 0.05) is 11.7 Å². The molecule has 3 rings (SSSR count). The molecule has 0 unspecified atom stereocenters. The molecular weight excluding hydrogens is 311 g/mol. The van der Waals surface area contributed by atoms with Crippen LogP contribution in [-0.2, 0) is 19.4 Å². The summed E-state index contributed by atoms with van der Waals surface area (Å²) in [4.78, 5) is 11.9. The Morgan fingerprint density at radius 1 is 1.04 bits per heavy atom. The quantitative estimate of drug-likeness (QED) is 0.749. The highest BCUT2D eigenvalue weighted by Crippen LogP contribution is 2.46. The third-order valence-electron chi connectivity index (χ3n) is 6.09. The molecule has 1 aliphatic carbocycles. The van der Waals surface area contributed by atoms with Gasteiger partial charge in [0.2, 0.25) is 0 Å². The van der Waals surface area contributed by atoms with Crippen molar-refractivity contribution in [3.8, 4) is 0 Å². The molecule has 3 nitrogen and oxygen atoms in total. The van der Waals surface area contributed by atoms with Crippen molar-refractivity contribution in [2.24, 2.45) is 0 Å². The fraction of sp³-hybridized carbons (Fsp3) is 0.571. The molecule has 0 bridgehead atoms. The van der Waals surface area contributed by atoms with Crippen LogP contribution < -0.4 is 0 Å². The zero-order valence-electron chi connectivity index (χ0n) is 16.1. The van der Waals surface area contributed by atoms with Crippen LogP contribution in [0, 0.1) is 0 Å². The average molecular weight is 340 g/mol. The number of benzene rings is 1. The third-order valence-corrected chi connectivity index (χ3v) is 6.09. The molecule has 0 saturated carbocycles. The average Bonchev–Trinajstić information content (AvgIpc) is 2.77. The second-order valence-electron chi connectivity index (χ2n) is 8.67. The molecule has 0 spiro atoms. The van der Waals surface area contributed by atoms with Crippen molar-refractivity contribution in [1.29, 1.82) is 0 Å². The lowest BCUT2D eigenvalue weighted by Gasteiger charge is -2.34. The smallest absolute Gasteiger partial charge is 0.403 e. The monoisotopic (exact) mass is 340 g/mol. The summed E-state index contributed by atoms with van der Waals surface area (Å²) in [6, 6.07) is 10.4. The molecule has 4 heteroatoms. The predicted molar refractivity (Wildman–Crippen MR) is 101 cm³/mol. The lowest BCUT2D eigenvalue weighted by atomic mass is 9.52. The minimum Gasteiger partial charge on any atom is -0.403 e. The van der Waals surface area contributed by atoms with Crippen LogP contribution in [0.2, 0.25) is 0 Å². The van der Waals surface area contributed by atoms with E-state index in [0.717, 1.165) is 19.3 Å². The number of carbonyl (C=O) groups is 1. The Morgan fingerprint density at radius 2 is 1.64 bits per heavy atom. The predicted octanol–water partition coefficient (Wildman–Crippen LogP) is 4.65. The summed E-state index contributed by atoms with van der Waals surface area (Å²) in [7, 11) is -0.349. The minimum absolute atomic E-state index is 0.241. The van der Waals surface area contributed by atoms with E-state index < -0.39 is 0 Å². The topological polar surface area (TPSA) is 35.5 Å². The van der Waals surface area contributed by atoms with E-state index in [0.29, 0.717) is 6.42 Å². The van der Waals surface area contributed by atoms with Crippen LogP contribution in [0.25, 0.3) is 0 Å². The number of hydrogen-bond acceptors (Lipinski definition) is 3. The second kappa shape index (κ2) is 6.41. The zero-order valence-corrected chi connectivity index (χ0v) is 16.1. The molecule has 0 radical (unpaired) electrons. The summed E-state index contributed by atoms with van der Waals surface area (Å²) in [5.41, 5.74) is 1.65. The van der Waals surface area contributed by atoms with Crippen LogP contribution in [0.4, 0.5) is 0 Å². The van der Waals surface area contributed by atoms with Crippen LogP contribution in [-0.4, -0.2) is 24.1 Å². The molecule has 1 aliphatic heterocycles. The molecule has 1 aromatic rings. The SMILES string of the molecule is CC1(C)OB([C@@](C)(CC2=CC(=O)CCC2)c2ccccc2)OC1(C)C.